The molecule has 0 saturated carbocycles. The predicted octanol–water partition coefficient (Wildman–Crippen LogP) is 1.09. The lowest BCUT2D eigenvalue weighted by atomic mass is 10.2. The molecule has 0 heterocycles. The van der Waals surface area contributed by atoms with Crippen LogP contribution in [0.1, 0.15) is 19.8 Å². The average molecular weight is 225 g/mol. The second-order valence-corrected chi connectivity index (χ2v) is 2.80. The number of halogens is 1. The molecule has 0 aromatic heterocycles. The molecule has 0 amide bonds. The Morgan fingerprint density at radius 3 is 2.82 bits per heavy atom. The van der Waals surface area contributed by atoms with Gasteiger partial charge in [0.1, 0.15) is 0 Å². The van der Waals surface area contributed by atoms with Crippen LogP contribution >= 0.6 is 15.9 Å². The number of ether oxygens (including phenoxy) is 1. The van der Waals surface area contributed by atoms with Gasteiger partial charge in [0.15, 0.2) is 0 Å². The molecule has 1 unspecified atom stereocenters. The van der Waals surface area contributed by atoms with Crippen molar-refractivity contribution in [2.24, 2.45) is 0 Å². The van der Waals surface area contributed by atoms with E-state index in [1.807, 2.05) is 0 Å². The van der Waals surface area contributed by atoms with Crippen molar-refractivity contribution < 1.29 is 14.6 Å². The Morgan fingerprint density at radius 1 is 1.73 bits per heavy atom. The van der Waals surface area contributed by atoms with E-state index >= 15 is 0 Å². The van der Waals surface area contributed by atoms with E-state index in [-0.39, 0.29) is 5.97 Å². The Balaban J connectivity index is 3.30. The highest BCUT2D eigenvalue weighted by Crippen LogP contribution is 2.01. The molecule has 4 heteroatoms. The van der Waals surface area contributed by atoms with Gasteiger partial charge in [0.2, 0.25) is 0 Å². The van der Waals surface area contributed by atoms with Gasteiger partial charge < -0.3 is 9.84 Å². The first-order valence-electron chi connectivity index (χ1n) is 3.60. The van der Waals surface area contributed by atoms with Crippen molar-refractivity contribution >= 4 is 21.9 Å². The van der Waals surface area contributed by atoms with E-state index in [9.17, 15) is 4.79 Å². The fourth-order valence-electron chi connectivity index (χ4n) is 0.595. The zero-order valence-corrected chi connectivity index (χ0v) is 8.13. The smallest absolute Gasteiger partial charge is 0.305 e. The molecule has 0 aliphatic carbocycles. The van der Waals surface area contributed by atoms with Crippen LogP contribution in [-0.2, 0) is 9.53 Å². The topological polar surface area (TPSA) is 46.5 Å². The lowest BCUT2D eigenvalue weighted by Crippen LogP contribution is -2.12. The molecule has 0 aromatic rings. The SMILES string of the molecule is CCOC(=O)CCC(O)CBr. The Kier molecular flexibility index (Phi) is 6.56. The van der Waals surface area contributed by atoms with Crippen molar-refractivity contribution in [2.75, 3.05) is 11.9 Å². The molecule has 11 heavy (non-hydrogen) atoms. The summed E-state index contributed by atoms with van der Waals surface area (Å²) in [6.45, 7) is 2.17. The van der Waals surface area contributed by atoms with Crippen LogP contribution in [0.5, 0.6) is 0 Å². The van der Waals surface area contributed by atoms with Crippen molar-refractivity contribution in [1.29, 1.82) is 0 Å². The van der Waals surface area contributed by atoms with E-state index < -0.39 is 6.10 Å². The minimum absolute atomic E-state index is 0.243. The molecule has 0 bridgehead atoms. The normalized spacial score (nSPS) is 12.6. The van der Waals surface area contributed by atoms with Crippen LogP contribution in [0.25, 0.3) is 0 Å². The first kappa shape index (κ1) is 10.9. The van der Waals surface area contributed by atoms with Gasteiger partial charge in [0.25, 0.3) is 0 Å². The summed E-state index contributed by atoms with van der Waals surface area (Å²) in [5, 5.41) is 9.53. The average Bonchev–Trinajstić information content (AvgIpc) is 2.01. The largest absolute Gasteiger partial charge is 0.466 e. The molecule has 0 spiro atoms. The van der Waals surface area contributed by atoms with Gasteiger partial charge in [-0.1, -0.05) is 15.9 Å². The number of hydrogen-bond donors (Lipinski definition) is 1. The first-order chi connectivity index (χ1) is 5.20. The number of aliphatic hydroxyl groups excluding tert-OH is 1. The molecule has 0 aliphatic rings. The predicted molar refractivity (Wildman–Crippen MR) is 45.7 cm³/mol. The zero-order chi connectivity index (χ0) is 8.69. The molecule has 66 valence electrons. The van der Waals surface area contributed by atoms with E-state index in [1.165, 1.54) is 0 Å². The Labute approximate surface area is 74.9 Å². The molecule has 0 radical (unpaired) electrons. The van der Waals surface area contributed by atoms with Gasteiger partial charge in [-0.05, 0) is 13.3 Å². The molecule has 1 N–H and O–H groups in total. The summed E-state index contributed by atoms with van der Waals surface area (Å²) in [5.41, 5.74) is 0. The number of alkyl halides is 1. The minimum Gasteiger partial charge on any atom is -0.466 e. The maximum Gasteiger partial charge on any atom is 0.305 e. The maximum atomic E-state index is 10.7. The van der Waals surface area contributed by atoms with E-state index in [4.69, 9.17) is 5.11 Å². The van der Waals surface area contributed by atoms with Gasteiger partial charge in [-0.25, -0.2) is 0 Å². The number of rotatable bonds is 5. The summed E-state index contributed by atoms with van der Waals surface area (Å²) in [7, 11) is 0. The standard InChI is InChI=1S/C7H13BrO3/c1-2-11-7(10)4-3-6(9)5-8/h6,9H,2-5H2,1H3. The lowest BCUT2D eigenvalue weighted by Gasteiger charge is -2.05. The van der Waals surface area contributed by atoms with Gasteiger partial charge in [0.05, 0.1) is 12.7 Å². The molecule has 0 aliphatic heterocycles. The van der Waals surface area contributed by atoms with Gasteiger partial charge in [-0.2, -0.15) is 0 Å². The van der Waals surface area contributed by atoms with Gasteiger partial charge in [0, 0.05) is 11.8 Å². The zero-order valence-electron chi connectivity index (χ0n) is 6.55. The molecule has 1 atom stereocenters. The van der Waals surface area contributed by atoms with Crippen molar-refractivity contribution in [3.05, 3.63) is 0 Å². The molecule has 3 nitrogen and oxygen atoms in total. The number of carbonyl (C=O) groups is 1. The Hall–Kier alpha value is -0.0900. The summed E-state index contributed by atoms with van der Waals surface area (Å²) in [6.07, 6.45) is 0.310. The van der Waals surface area contributed by atoms with Gasteiger partial charge in [-0.3, -0.25) is 4.79 Å². The van der Waals surface area contributed by atoms with Crippen LogP contribution in [0, 0.1) is 0 Å². The van der Waals surface area contributed by atoms with Crippen LogP contribution < -0.4 is 0 Å². The van der Waals surface area contributed by atoms with Crippen molar-refractivity contribution in [2.45, 2.75) is 25.9 Å². The van der Waals surface area contributed by atoms with E-state index in [0.29, 0.717) is 24.8 Å². The molecule has 0 aromatic carbocycles. The Morgan fingerprint density at radius 2 is 2.36 bits per heavy atom. The summed E-state index contributed by atoms with van der Waals surface area (Å²) in [4.78, 5) is 10.7. The van der Waals surface area contributed by atoms with Gasteiger partial charge in [-0.15, -0.1) is 0 Å². The van der Waals surface area contributed by atoms with Gasteiger partial charge >= 0.3 is 5.97 Å². The van der Waals surface area contributed by atoms with Crippen LogP contribution in [0.15, 0.2) is 0 Å². The highest BCUT2D eigenvalue weighted by Gasteiger charge is 2.06. The number of hydrogen-bond acceptors (Lipinski definition) is 3. The summed E-state index contributed by atoms with van der Waals surface area (Å²) in [5.74, 6) is -0.243. The van der Waals surface area contributed by atoms with E-state index in [1.54, 1.807) is 6.92 Å². The summed E-state index contributed by atoms with van der Waals surface area (Å²) < 4.78 is 4.67. The highest BCUT2D eigenvalue weighted by atomic mass is 79.9. The summed E-state index contributed by atoms with van der Waals surface area (Å²) >= 11 is 3.10. The quantitative estimate of drug-likeness (QED) is 0.562. The molecular weight excluding hydrogens is 212 g/mol. The van der Waals surface area contributed by atoms with Crippen molar-refractivity contribution in [3.63, 3.8) is 0 Å². The monoisotopic (exact) mass is 224 g/mol. The van der Waals surface area contributed by atoms with Crippen LogP contribution in [0.4, 0.5) is 0 Å². The van der Waals surface area contributed by atoms with E-state index in [2.05, 4.69) is 20.7 Å². The number of aliphatic hydroxyl groups is 1. The fraction of sp³-hybridized carbons (Fsp3) is 0.857. The molecule has 0 rings (SSSR count). The maximum absolute atomic E-state index is 10.7. The van der Waals surface area contributed by atoms with E-state index in [0.717, 1.165) is 0 Å². The highest BCUT2D eigenvalue weighted by molar-refractivity contribution is 9.09. The third-order valence-electron chi connectivity index (χ3n) is 1.17. The Bertz CT molecular complexity index is 116. The van der Waals surface area contributed by atoms with Crippen LogP contribution in [0.3, 0.4) is 0 Å². The molecule has 0 saturated heterocycles. The third kappa shape index (κ3) is 6.31. The van der Waals surface area contributed by atoms with Crippen molar-refractivity contribution in [3.8, 4) is 0 Å². The number of carbonyl (C=O) groups excluding carboxylic acids is 1. The number of esters is 1. The summed E-state index contributed by atoms with van der Waals surface area (Å²) in [6, 6.07) is 0. The first-order valence-corrected chi connectivity index (χ1v) is 4.72. The third-order valence-corrected chi connectivity index (χ3v) is 1.91. The van der Waals surface area contributed by atoms with Crippen LogP contribution in [-0.4, -0.2) is 29.1 Å². The lowest BCUT2D eigenvalue weighted by molar-refractivity contribution is -0.143. The van der Waals surface area contributed by atoms with Crippen LogP contribution in [0.2, 0.25) is 0 Å². The molecule has 0 fully saturated rings. The van der Waals surface area contributed by atoms with Crippen molar-refractivity contribution in [1.82, 2.24) is 0 Å². The second kappa shape index (κ2) is 6.61. The fourth-order valence-corrected chi connectivity index (χ4v) is 0.919. The second-order valence-electron chi connectivity index (χ2n) is 2.15. The minimum atomic E-state index is -0.445. The molecular formula is C7H13BrO3.